The summed E-state index contributed by atoms with van der Waals surface area (Å²) in [6.45, 7) is 5.56. The number of carboxylic acid groups (broad SMARTS) is 1. The summed E-state index contributed by atoms with van der Waals surface area (Å²) in [4.78, 5) is 35.5. The van der Waals surface area contributed by atoms with E-state index in [1.165, 1.54) is 28.8 Å². The zero-order valence-electron chi connectivity index (χ0n) is 13.3. The quantitative estimate of drug-likeness (QED) is 0.443. The summed E-state index contributed by atoms with van der Waals surface area (Å²) < 4.78 is 0. The van der Waals surface area contributed by atoms with E-state index < -0.39 is 16.1 Å². The second-order valence-electron chi connectivity index (χ2n) is 5.52. The van der Waals surface area contributed by atoms with Crippen molar-refractivity contribution in [3.63, 3.8) is 0 Å². The van der Waals surface area contributed by atoms with Gasteiger partial charge in [-0.2, -0.15) is 0 Å². The molecule has 0 heterocycles. The fraction of sp³-hybridized carbons (Fsp3) is 0.467. The molecule has 1 aromatic carbocycles. The maximum atomic E-state index is 12.4. The predicted octanol–water partition coefficient (Wildman–Crippen LogP) is 2.64. The molecule has 1 N–H and O–H groups in total. The van der Waals surface area contributed by atoms with Crippen LogP contribution < -0.4 is 0 Å². The Morgan fingerprint density at radius 3 is 2.26 bits per heavy atom. The van der Waals surface area contributed by atoms with Crippen molar-refractivity contribution in [3.8, 4) is 0 Å². The molecule has 8 heteroatoms. The van der Waals surface area contributed by atoms with Gasteiger partial charge in [-0.25, -0.2) is 0 Å². The number of hydrogen-bond acceptors (Lipinski definition) is 5. The van der Waals surface area contributed by atoms with Gasteiger partial charge in [0.15, 0.2) is 0 Å². The molecule has 0 radical (unpaired) electrons. The number of rotatable bonds is 8. The van der Waals surface area contributed by atoms with Gasteiger partial charge in [0, 0.05) is 23.6 Å². The largest absolute Gasteiger partial charge is 0.480 e. The van der Waals surface area contributed by atoms with Crippen LogP contribution in [0.5, 0.6) is 0 Å². The molecule has 0 aliphatic carbocycles. The molecule has 1 amide bonds. The van der Waals surface area contributed by atoms with Gasteiger partial charge in [-0.3, -0.25) is 19.7 Å². The first kappa shape index (κ1) is 19.0. The van der Waals surface area contributed by atoms with E-state index in [0.717, 1.165) is 4.90 Å². The zero-order valence-corrected chi connectivity index (χ0v) is 14.1. The van der Waals surface area contributed by atoms with Crippen molar-refractivity contribution in [3.05, 3.63) is 34.4 Å². The number of thioether (sulfide) groups is 1. The van der Waals surface area contributed by atoms with Gasteiger partial charge in [0.05, 0.1) is 10.2 Å². The normalized spacial score (nSPS) is 12.0. The SMILES string of the molecule is CC(C)CN(CC(=O)O)C(=O)C(C)Sc1ccc([N+](=O)[O-])cc1. The number of hydrogen-bond donors (Lipinski definition) is 1. The first-order chi connectivity index (χ1) is 10.7. The van der Waals surface area contributed by atoms with Crippen molar-refractivity contribution in [1.82, 2.24) is 4.90 Å². The van der Waals surface area contributed by atoms with Crippen molar-refractivity contribution >= 4 is 29.3 Å². The van der Waals surface area contributed by atoms with Gasteiger partial charge >= 0.3 is 5.97 Å². The summed E-state index contributed by atoms with van der Waals surface area (Å²) in [5, 5.41) is 19.1. The van der Waals surface area contributed by atoms with Crippen LogP contribution in [0.2, 0.25) is 0 Å². The number of aliphatic carboxylic acids is 1. The van der Waals surface area contributed by atoms with Gasteiger partial charge in [-0.15, -0.1) is 11.8 Å². The summed E-state index contributed by atoms with van der Waals surface area (Å²) in [5.41, 5.74) is -0.0133. The molecule has 1 rings (SSSR count). The number of nitrogens with zero attached hydrogens (tertiary/aromatic N) is 2. The fourth-order valence-corrected chi connectivity index (χ4v) is 2.95. The summed E-state index contributed by atoms with van der Waals surface area (Å²) in [5.74, 6) is -1.15. The number of nitro groups is 1. The van der Waals surface area contributed by atoms with E-state index in [0.29, 0.717) is 6.54 Å². The average Bonchev–Trinajstić information content (AvgIpc) is 2.45. The maximum absolute atomic E-state index is 12.4. The first-order valence-corrected chi connectivity index (χ1v) is 8.00. The number of amides is 1. The van der Waals surface area contributed by atoms with Crippen LogP contribution in [0.25, 0.3) is 0 Å². The smallest absolute Gasteiger partial charge is 0.323 e. The van der Waals surface area contributed by atoms with Crippen molar-refractivity contribution in [2.45, 2.75) is 30.9 Å². The first-order valence-electron chi connectivity index (χ1n) is 7.12. The van der Waals surface area contributed by atoms with Crippen molar-refractivity contribution in [1.29, 1.82) is 0 Å². The minimum atomic E-state index is -1.05. The molecule has 7 nitrogen and oxygen atoms in total. The van der Waals surface area contributed by atoms with Crippen LogP contribution >= 0.6 is 11.8 Å². The molecule has 126 valence electrons. The van der Waals surface area contributed by atoms with Gasteiger partial charge in [-0.1, -0.05) is 13.8 Å². The zero-order chi connectivity index (χ0) is 17.6. The Hall–Kier alpha value is -2.09. The Kier molecular flexibility index (Phi) is 7.02. The molecular weight excluding hydrogens is 320 g/mol. The van der Waals surface area contributed by atoms with Crippen LogP contribution in [0.3, 0.4) is 0 Å². The average molecular weight is 340 g/mol. The topological polar surface area (TPSA) is 101 Å². The van der Waals surface area contributed by atoms with E-state index in [1.807, 2.05) is 13.8 Å². The van der Waals surface area contributed by atoms with Crippen LogP contribution in [0, 0.1) is 16.0 Å². The van der Waals surface area contributed by atoms with Gasteiger partial charge < -0.3 is 10.0 Å². The van der Waals surface area contributed by atoms with Crippen LogP contribution in [0.15, 0.2) is 29.2 Å². The molecule has 0 saturated heterocycles. The lowest BCUT2D eigenvalue weighted by molar-refractivity contribution is -0.384. The fourth-order valence-electron chi connectivity index (χ4n) is 1.99. The van der Waals surface area contributed by atoms with Crippen molar-refractivity contribution in [2.24, 2.45) is 5.92 Å². The predicted molar refractivity (Wildman–Crippen MR) is 87.5 cm³/mol. The highest BCUT2D eigenvalue weighted by Gasteiger charge is 2.24. The molecule has 1 aromatic rings. The molecule has 1 unspecified atom stereocenters. The highest BCUT2D eigenvalue weighted by Crippen LogP contribution is 2.26. The number of benzene rings is 1. The van der Waals surface area contributed by atoms with E-state index in [4.69, 9.17) is 5.11 Å². The highest BCUT2D eigenvalue weighted by atomic mass is 32.2. The molecule has 0 fully saturated rings. The second-order valence-corrected chi connectivity index (χ2v) is 6.93. The molecule has 0 aliphatic heterocycles. The maximum Gasteiger partial charge on any atom is 0.323 e. The van der Waals surface area contributed by atoms with Crippen LogP contribution in [0.1, 0.15) is 20.8 Å². The van der Waals surface area contributed by atoms with Crippen LogP contribution in [-0.2, 0) is 9.59 Å². The third-order valence-corrected chi connectivity index (χ3v) is 4.03. The minimum Gasteiger partial charge on any atom is -0.480 e. The Bertz CT molecular complexity index is 574. The summed E-state index contributed by atoms with van der Waals surface area (Å²) in [6.07, 6.45) is 0. The lowest BCUT2D eigenvalue weighted by atomic mass is 10.2. The Labute approximate surface area is 138 Å². The van der Waals surface area contributed by atoms with E-state index in [-0.39, 0.29) is 24.1 Å². The van der Waals surface area contributed by atoms with Gasteiger partial charge in [0.1, 0.15) is 6.54 Å². The second kappa shape index (κ2) is 8.52. The van der Waals surface area contributed by atoms with Gasteiger partial charge in [0.25, 0.3) is 5.69 Å². The lowest BCUT2D eigenvalue weighted by Crippen LogP contribution is -2.42. The molecule has 0 spiro atoms. The molecule has 1 atom stereocenters. The minimum absolute atomic E-state index is 0.0133. The van der Waals surface area contributed by atoms with Crippen molar-refractivity contribution < 1.29 is 19.6 Å². The number of carbonyl (C=O) groups is 2. The summed E-state index contributed by atoms with van der Waals surface area (Å²) in [6, 6.07) is 5.92. The van der Waals surface area contributed by atoms with E-state index in [2.05, 4.69) is 0 Å². The Balaban J connectivity index is 2.76. The molecular formula is C15H20N2O5S. The summed E-state index contributed by atoms with van der Waals surface area (Å²) in [7, 11) is 0. The molecule has 23 heavy (non-hydrogen) atoms. The van der Waals surface area contributed by atoms with E-state index in [9.17, 15) is 19.7 Å². The Morgan fingerprint density at radius 2 is 1.83 bits per heavy atom. The van der Waals surface area contributed by atoms with E-state index in [1.54, 1.807) is 19.1 Å². The number of carboxylic acids is 1. The molecule has 0 aliphatic rings. The van der Waals surface area contributed by atoms with Crippen molar-refractivity contribution in [2.75, 3.05) is 13.1 Å². The highest BCUT2D eigenvalue weighted by molar-refractivity contribution is 8.00. The van der Waals surface area contributed by atoms with Crippen LogP contribution in [-0.4, -0.2) is 45.1 Å². The number of non-ortho nitro benzene ring substituents is 1. The van der Waals surface area contributed by atoms with Crippen LogP contribution in [0.4, 0.5) is 5.69 Å². The molecule has 0 aromatic heterocycles. The monoisotopic (exact) mass is 340 g/mol. The third kappa shape index (κ3) is 6.27. The molecule has 0 bridgehead atoms. The lowest BCUT2D eigenvalue weighted by Gasteiger charge is -2.25. The third-order valence-electron chi connectivity index (χ3n) is 2.93. The number of carbonyl (C=O) groups excluding carboxylic acids is 1. The Morgan fingerprint density at radius 1 is 1.26 bits per heavy atom. The van der Waals surface area contributed by atoms with E-state index >= 15 is 0 Å². The summed E-state index contributed by atoms with van der Waals surface area (Å²) >= 11 is 1.25. The standard InChI is InChI=1S/C15H20N2O5S/c1-10(2)8-16(9-14(18)19)15(20)11(3)23-13-6-4-12(5-7-13)17(21)22/h4-7,10-11H,8-9H2,1-3H3,(H,18,19). The number of nitro benzene ring substituents is 1. The molecule has 0 saturated carbocycles. The van der Waals surface area contributed by atoms with Gasteiger partial charge in [0.2, 0.25) is 5.91 Å². The van der Waals surface area contributed by atoms with Gasteiger partial charge in [-0.05, 0) is 25.0 Å².